The first-order valence-corrected chi connectivity index (χ1v) is 7.77. The first-order chi connectivity index (χ1) is 9.56. The molecule has 2 N–H and O–H groups in total. The fraction of sp³-hybridized carbons (Fsp3) is 0.857. The van der Waals surface area contributed by atoms with Crippen molar-refractivity contribution in [2.24, 2.45) is 5.73 Å². The number of rotatable bonds is 8. The Morgan fingerprint density at radius 2 is 2.00 bits per heavy atom. The highest BCUT2D eigenvalue weighted by atomic mass is 32.1. The second-order valence-electron chi connectivity index (χ2n) is 5.31. The predicted octanol–water partition coefficient (Wildman–Crippen LogP) is 1.01. The van der Waals surface area contributed by atoms with E-state index in [-0.39, 0.29) is 11.9 Å². The highest BCUT2D eigenvalue weighted by Gasteiger charge is 2.26. The molecule has 116 valence electrons. The zero-order valence-electron chi connectivity index (χ0n) is 12.6. The average molecular weight is 301 g/mol. The van der Waals surface area contributed by atoms with Crippen molar-refractivity contribution in [3.8, 4) is 0 Å². The summed E-state index contributed by atoms with van der Waals surface area (Å²) in [5, 5.41) is 0. The van der Waals surface area contributed by atoms with E-state index in [0.717, 1.165) is 32.5 Å². The van der Waals surface area contributed by atoms with Crippen LogP contribution in [0.3, 0.4) is 0 Å². The molecule has 1 heterocycles. The van der Waals surface area contributed by atoms with Gasteiger partial charge in [0.1, 0.15) is 0 Å². The third kappa shape index (κ3) is 5.73. The van der Waals surface area contributed by atoms with Crippen LogP contribution in [0.5, 0.6) is 0 Å². The summed E-state index contributed by atoms with van der Waals surface area (Å²) in [6.45, 7) is 5.77. The molecule has 1 aliphatic rings. The standard InChI is InChI=1S/C14H27N3O2S/c1-12(14(18)17-7-4-3-5-8-17)16(10-11-19-2)9-6-13(15)20/h12H,3-11H2,1-2H3,(H2,15,20). The van der Waals surface area contributed by atoms with Gasteiger partial charge in [0, 0.05) is 39.7 Å². The fourth-order valence-electron chi connectivity index (χ4n) is 2.50. The second-order valence-corrected chi connectivity index (χ2v) is 5.83. The van der Waals surface area contributed by atoms with Gasteiger partial charge in [-0.2, -0.15) is 0 Å². The third-order valence-corrected chi connectivity index (χ3v) is 4.01. The number of hydrogen-bond acceptors (Lipinski definition) is 4. The molecule has 1 atom stereocenters. The van der Waals surface area contributed by atoms with Gasteiger partial charge in [0.2, 0.25) is 5.91 Å². The van der Waals surface area contributed by atoms with Crippen molar-refractivity contribution in [2.75, 3.05) is 39.9 Å². The molecular formula is C14H27N3O2S. The van der Waals surface area contributed by atoms with Gasteiger partial charge in [0.05, 0.1) is 17.6 Å². The number of nitrogens with two attached hydrogens (primary N) is 1. The van der Waals surface area contributed by atoms with Gasteiger partial charge < -0.3 is 15.4 Å². The molecule has 1 saturated heterocycles. The van der Waals surface area contributed by atoms with E-state index in [4.69, 9.17) is 22.7 Å². The van der Waals surface area contributed by atoms with Gasteiger partial charge >= 0.3 is 0 Å². The Bertz CT molecular complexity index is 320. The first kappa shape index (κ1) is 17.3. The monoisotopic (exact) mass is 301 g/mol. The van der Waals surface area contributed by atoms with Crippen LogP contribution in [-0.2, 0) is 9.53 Å². The molecule has 0 saturated carbocycles. The van der Waals surface area contributed by atoms with E-state index < -0.39 is 0 Å². The van der Waals surface area contributed by atoms with E-state index in [2.05, 4.69) is 4.90 Å². The summed E-state index contributed by atoms with van der Waals surface area (Å²) >= 11 is 4.93. The van der Waals surface area contributed by atoms with Crippen molar-refractivity contribution in [3.63, 3.8) is 0 Å². The normalized spacial score (nSPS) is 17.2. The Balaban J connectivity index is 2.56. The molecule has 0 aromatic carbocycles. The van der Waals surface area contributed by atoms with E-state index in [9.17, 15) is 4.79 Å². The minimum Gasteiger partial charge on any atom is -0.393 e. The van der Waals surface area contributed by atoms with Crippen molar-refractivity contribution in [1.29, 1.82) is 0 Å². The maximum atomic E-state index is 12.5. The van der Waals surface area contributed by atoms with Crippen molar-refractivity contribution in [2.45, 2.75) is 38.6 Å². The van der Waals surface area contributed by atoms with E-state index in [0.29, 0.717) is 24.6 Å². The van der Waals surface area contributed by atoms with Crippen LogP contribution in [0.2, 0.25) is 0 Å². The highest BCUT2D eigenvalue weighted by Crippen LogP contribution is 2.12. The van der Waals surface area contributed by atoms with Crippen LogP contribution < -0.4 is 5.73 Å². The average Bonchev–Trinajstić information content (AvgIpc) is 2.46. The Hall–Kier alpha value is -0.720. The van der Waals surface area contributed by atoms with Crippen LogP contribution in [0, 0.1) is 0 Å². The minimum atomic E-state index is -0.141. The van der Waals surface area contributed by atoms with E-state index in [1.54, 1.807) is 7.11 Å². The number of methoxy groups -OCH3 is 1. The molecule has 0 spiro atoms. The topological polar surface area (TPSA) is 58.8 Å². The number of thiocarbonyl (C=S) groups is 1. The third-order valence-electron chi connectivity index (χ3n) is 3.80. The highest BCUT2D eigenvalue weighted by molar-refractivity contribution is 7.80. The molecule has 0 aromatic heterocycles. The molecule has 1 unspecified atom stereocenters. The number of nitrogens with zero attached hydrogens (tertiary/aromatic N) is 2. The lowest BCUT2D eigenvalue weighted by Crippen LogP contribution is -2.50. The number of amides is 1. The van der Waals surface area contributed by atoms with Crippen LogP contribution in [0.1, 0.15) is 32.6 Å². The molecule has 1 amide bonds. The maximum Gasteiger partial charge on any atom is 0.239 e. The molecule has 1 rings (SSSR count). The van der Waals surface area contributed by atoms with Gasteiger partial charge in [-0.25, -0.2) is 0 Å². The molecule has 1 fully saturated rings. The van der Waals surface area contributed by atoms with E-state index in [1.165, 1.54) is 6.42 Å². The molecule has 6 heteroatoms. The molecular weight excluding hydrogens is 274 g/mol. The van der Waals surface area contributed by atoms with Crippen molar-refractivity contribution in [3.05, 3.63) is 0 Å². The number of carbonyl (C=O) groups is 1. The Kier molecular flexibility index (Phi) is 8.02. The number of piperidine rings is 1. The van der Waals surface area contributed by atoms with Crippen molar-refractivity contribution >= 4 is 23.1 Å². The summed E-state index contributed by atoms with van der Waals surface area (Å²) in [5.41, 5.74) is 5.57. The van der Waals surface area contributed by atoms with Crippen LogP contribution in [-0.4, -0.2) is 66.6 Å². The summed E-state index contributed by atoms with van der Waals surface area (Å²) in [4.78, 5) is 17.1. The van der Waals surface area contributed by atoms with Gasteiger partial charge in [-0.15, -0.1) is 0 Å². The zero-order chi connectivity index (χ0) is 15.0. The van der Waals surface area contributed by atoms with Gasteiger partial charge in [0.15, 0.2) is 0 Å². The Labute approximate surface area is 127 Å². The predicted molar refractivity (Wildman–Crippen MR) is 84.7 cm³/mol. The smallest absolute Gasteiger partial charge is 0.239 e. The lowest BCUT2D eigenvalue weighted by molar-refractivity contribution is -0.137. The van der Waals surface area contributed by atoms with Crippen LogP contribution in [0.15, 0.2) is 0 Å². The molecule has 0 bridgehead atoms. The molecule has 0 aliphatic carbocycles. The molecule has 1 aliphatic heterocycles. The maximum absolute atomic E-state index is 12.5. The molecule has 20 heavy (non-hydrogen) atoms. The quantitative estimate of drug-likeness (QED) is 0.678. The Morgan fingerprint density at radius 1 is 1.35 bits per heavy atom. The van der Waals surface area contributed by atoms with Gasteiger partial charge in [-0.3, -0.25) is 9.69 Å². The van der Waals surface area contributed by atoms with Crippen molar-refractivity contribution < 1.29 is 9.53 Å². The van der Waals surface area contributed by atoms with Crippen molar-refractivity contribution in [1.82, 2.24) is 9.80 Å². The number of hydrogen-bond donors (Lipinski definition) is 1. The first-order valence-electron chi connectivity index (χ1n) is 7.36. The lowest BCUT2D eigenvalue weighted by Gasteiger charge is -2.34. The summed E-state index contributed by atoms with van der Waals surface area (Å²) < 4.78 is 5.12. The number of likely N-dealkylation sites (tertiary alicyclic amines) is 1. The minimum absolute atomic E-state index is 0.141. The van der Waals surface area contributed by atoms with Crippen LogP contribution in [0.25, 0.3) is 0 Å². The van der Waals surface area contributed by atoms with E-state index >= 15 is 0 Å². The van der Waals surface area contributed by atoms with Gasteiger partial charge in [0.25, 0.3) is 0 Å². The second kappa shape index (κ2) is 9.26. The summed E-state index contributed by atoms with van der Waals surface area (Å²) in [6.07, 6.45) is 4.09. The van der Waals surface area contributed by atoms with Gasteiger partial charge in [-0.05, 0) is 26.2 Å². The largest absolute Gasteiger partial charge is 0.393 e. The van der Waals surface area contributed by atoms with Crippen LogP contribution >= 0.6 is 12.2 Å². The summed E-state index contributed by atoms with van der Waals surface area (Å²) in [6, 6.07) is -0.141. The van der Waals surface area contributed by atoms with Gasteiger partial charge in [-0.1, -0.05) is 12.2 Å². The zero-order valence-corrected chi connectivity index (χ0v) is 13.5. The number of ether oxygens (including phenoxy) is 1. The SMILES string of the molecule is COCCN(CCC(N)=S)C(C)C(=O)N1CCCCC1. The summed E-state index contributed by atoms with van der Waals surface area (Å²) in [7, 11) is 1.67. The summed E-state index contributed by atoms with van der Waals surface area (Å²) in [5.74, 6) is 0.212. The number of carbonyl (C=O) groups excluding carboxylic acids is 1. The lowest BCUT2D eigenvalue weighted by atomic mass is 10.1. The van der Waals surface area contributed by atoms with E-state index in [1.807, 2.05) is 11.8 Å². The fourth-order valence-corrected chi connectivity index (χ4v) is 2.59. The molecule has 5 nitrogen and oxygen atoms in total. The Morgan fingerprint density at radius 3 is 2.55 bits per heavy atom. The molecule has 0 aromatic rings. The molecule has 0 radical (unpaired) electrons. The van der Waals surface area contributed by atoms with Crippen LogP contribution in [0.4, 0.5) is 0 Å².